The summed E-state index contributed by atoms with van der Waals surface area (Å²) in [6.45, 7) is 1.82. The fourth-order valence-electron chi connectivity index (χ4n) is 1.53. The number of halogens is 1. The summed E-state index contributed by atoms with van der Waals surface area (Å²) in [7, 11) is -3.62. The molecule has 0 aliphatic rings. The third-order valence-electron chi connectivity index (χ3n) is 2.50. The molecule has 0 aliphatic heterocycles. The van der Waals surface area contributed by atoms with Gasteiger partial charge in [0.15, 0.2) is 0 Å². The smallest absolute Gasteiger partial charge is 0.316 e. The molecule has 0 saturated carbocycles. The van der Waals surface area contributed by atoms with E-state index in [2.05, 4.69) is 26.0 Å². The fourth-order valence-corrected chi connectivity index (χ4v) is 4.82. The van der Waals surface area contributed by atoms with E-state index in [-0.39, 0.29) is 4.21 Å². The maximum absolute atomic E-state index is 12.2. The second-order valence-corrected chi connectivity index (χ2v) is 8.47. The number of rotatable bonds is 4. The van der Waals surface area contributed by atoms with Gasteiger partial charge in [0.05, 0.1) is 3.79 Å². The Balaban J connectivity index is 2.18. The van der Waals surface area contributed by atoms with E-state index in [1.807, 2.05) is 6.92 Å². The first-order valence-corrected chi connectivity index (χ1v) is 8.82. The molecule has 0 atom stereocenters. The minimum absolute atomic E-state index is 0.228. The van der Waals surface area contributed by atoms with Gasteiger partial charge in [0.2, 0.25) is 0 Å². The van der Waals surface area contributed by atoms with Crippen molar-refractivity contribution in [1.29, 1.82) is 0 Å². The van der Waals surface area contributed by atoms with Crippen LogP contribution in [0.2, 0.25) is 0 Å². The molecule has 4 N–H and O–H groups in total. The maximum atomic E-state index is 12.2. The SMILES string of the molecule is Cc1cc(S(=O)(=O)Nc2ccc(NC(N)=O)cc2)sc1Br. The Labute approximate surface area is 134 Å². The highest BCUT2D eigenvalue weighted by Gasteiger charge is 2.18. The van der Waals surface area contributed by atoms with Crippen LogP contribution in [0.5, 0.6) is 0 Å². The number of carbonyl (C=O) groups is 1. The van der Waals surface area contributed by atoms with Gasteiger partial charge in [-0.05, 0) is 58.7 Å². The van der Waals surface area contributed by atoms with Gasteiger partial charge >= 0.3 is 6.03 Å². The van der Waals surface area contributed by atoms with Crippen molar-refractivity contribution in [2.45, 2.75) is 11.1 Å². The van der Waals surface area contributed by atoms with Crippen molar-refractivity contribution in [1.82, 2.24) is 0 Å². The Bertz CT molecular complexity index is 750. The van der Waals surface area contributed by atoms with E-state index in [9.17, 15) is 13.2 Å². The van der Waals surface area contributed by atoms with Crippen molar-refractivity contribution in [3.05, 3.63) is 39.7 Å². The van der Waals surface area contributed by atoms with Crippen molar-refractivity contribution in [3.63, 3.8) is 0 Å². The van der Waals surface area contributed by atoms with Crippen LogP contribution in [-0.4, -0.2) is 14.4 Å². The number of benzene rings is 1. The summed E-state index contributed by atoms with van der Waals surface area (Å²) in [6, 6.07) is 7.11. The maximum Gasteiger partial charge on any atom is 0.316 e. The van der Waals surface area contributed by atoms with Gasteiger partial charge in [-0.3, -0.25) is 4.72 Å². The van der Waals surface area contributed by atoms with Gasteiger partial charge in [-0.1, -0.05) is 0 Å². The van der Waals surface area contributed by atoms with Crippen LogP contribution in [0.25, 0.3) is 0 Å². The second kappa shape index (κ2) is 6.04. The monoisotopic (exact) mass is 389 g/mol. The Kier molecular flexibility index (Phi) is 4.55. The van der Waals surface area contributed by atoms with Crippen LogP contribution in [0, 0.1) is 6.92 Å². The Morgan fingerprint density at radius 1 is 1.24 bits per heavy atom. The molecule has 2 amide bonds. The molecule has 0 bridgehead atoms. The minimum atomic E-state index is -3.62. The number of thiophene rings is 1. The lowest BCUT2D eigenvalue weighted by molar-refractivity contribution is 0.259. The molecule has 6 nitrogen and oxygen atoms in total. The highest BCUT2D eigenvalue weighted by Crippen LogP contribution is 2.31. The van der Waals surface area contributed by atoms with Crippen LogP contribution in [0.15, 0.2) is 38.3 Å². The summed E-state index contributed by atoms with van der Waals surface area (Å²) in [5.41, 5.74) is 6.74. The van der Waals surface area contributed by atoms with E-state index >= 15 is 0 Å². The molecule has 1 aromatic heterocycles. The summed E-state index contributed by atoms with van der Waals surface area (Å²) in [6.07, 6.45) is 0. The van der Waals surface area contributed by atoms with Crippen LogP contribution in [0.3, 0.4) is 0 Å². The summed E-state index contributed by atoms with van der Waals surface area (Å²) < 4.78 is 27.9. The number of urea groups is 1. The third-order valence-corrected chi connectivity index (χ3v) is 6.50. The average molecular weight is 390 g/mol. The first-order valence-electron chi connectivity index (χ1n) is 5.73. The zero-order valence-electron chi connectivity index (χ0n) is 10.9. The highest BCUT2D eigenvalue weighted by molar-refractivity contribution is 9.11. The van der Waals surface area contributed by atoms with Crippen LogP contribution in [-0.2, 0) is 10.0 Å². The van der Waals surface area contributed by atoms with Gasteiger partial charge in [-0.25, -0.2) is 13.2 Å². The molecule has 0 fully saturated rings. The number of nitrogens with two attached hydrogens (primary N) is 1. The summed E-state index contributed by atoms with van der Waals surface area (Å²) >= 11 is 4.45. The number of sulfonamides is 1. The van der Waals surface area contributed by atoms with Crippen molar-refractivity contribution in [3.8, 4) is 0 Å². The van der Waals surface area contributed by atoms with Gasteiger partial charge in [-0.15, -0.1) is 11.3 Å². The lowest BCUT2D eigenvalue weighted by Crippen LogP contribution is -2.19. The van der Waals surface area contributed by atoms with Gasteiger partial charge in [-0.2, -0.15) is 0 Å². The first kappa shape index (κ1) is 15.8. The Morgan fingerprint density at radius 2 is 1.81 bits per heavy atom. The van der Waals surface area contributed by atoms with E-state index in [4.69, 9.17) is 5.73 Å². The predicted octanol–water partition coefficient (Wildman–Crippen LogP) is 3.11. The van der Waals surface area contributed by atoms with E-state index in [0.29, 0.717) is 11.4 Å². The zero-order valence-corrected chi connectivity index (χ0v) is 14.1. The standard InChI is InChI=1S/C12H12BrN3O3S2/c1-7-6-10(20-11(7)13)21(18,19)16-9-4-2-8(3-5-9)15-12(14)17/h2-6,16H,1H3,(H3,14,15,17). The molecule has 2 aromatic rings. The van der Waals surface area contributed by atoms with Gasteiger partial charge in [0.25, 0.3) is 10.0 Å². The molecule has 0 saturated heterocycles. The summed E-state index contributed by atoms with van der Waals surface area (Å²) in [5, 5.41) is 2.39. The molecule has 1 aromatic carbocycles. The van der Waals surface area contributed by atoms with Crippen molar-refractivity contribution in [2.24, 2.45) is 5.73 Å². The molecular formula is C12H12BrN3O3S2. The number of amides is 2. The molecule has 0 unspecified atom stereocenters. The van der Waals surface area contributed by atoms with Crippen LogP contribution < -0.4 is 15.8 Å². The molecule has 0 aliphatic carbocycles. The van der Waals surface area contributed by atoms with Crippen LogP contribution in [0.4, 0.5) is 16.2 Å². The van der Waals surface area contributed by atoms with Gasteiger partial charge in [0, 0.05) is 11.4 Å². The van der Waals surface area contributed by atoms with Crippen molar-refractivity contribution >= 4 is 54.7 Å². The molecule has 2 rings (SSSR count). The molecule has 9 heteroatoms. The topological polar surface area (TPSA) is 101 Å². The molecule has 1 heterocycles. The number of anilines is 2. The molecule has 0 radical (unpaired) electrons. The van der Waals surface area contributed by atoms with Gasteiger partial charge < -0.3 is 11.1 Å². The lowest BCUT2D eigenvalue weighted by atomic mass is 10.3. The average Bonchev–Trinajstić information content (AvgIpc) is 2.72. The van der Waals surface area contributed by atoms with E-state index < -0.39 is 16.1 Å². The number of primary amides is 1. The van der Waals surface area contributed by atoms with Crippen LogP contribution >= 0.6 is 27.3 Å². The third kappa shape index (κ3) is 3.96. The number of carbonyl (C=O) groups excluding carboxylic acids is 1. The highest BCUT2D eigenvalue weighted by atomic mass is 79.9. The number of hydrogen-bond acceptors (Lipinski definition) is 4. The normalized spacial score (nSPS) is 11.1. The predicted molar refractivity (Wildman–Crippen MR) is 87.2 cm³/mol. The van der Waals surface area contributed by atoms with E-state index in [0.717, 1.165) is 20.7 Å². The molecule has 21 heavy (non-hydrogen) atoms. The van der Waals surface area contributed by atoms with E-state index in [1.165, 1.54) is 0 Å². The molecular weight excluding hydrogens is 378 g/mol. The quantitative estimate of drug-likeness (QED) is 0.748. The second-order valence-electron chi connectivity index (χ2n) is 4.19. The zero-order chi connectivity index (χ0) is 15.6. The van der Waals surface area contributed by atoms with E-state index in [1.54, 1.807) is 30.3 Å². The minimum Gasteiger partial charge on any atom is -0.351 e. The Hall–Kier alpha value is -1.58. The number of nitrogens with one attached hydrogen (secondary N) is 2. The van der Waals surface area contributed by atoms with Crippen molar-refractivity contribution in [2.75, 3.05) is 10.0 Å². The van der Waals surface area contributed by atoms with Gasteiger partial charge in [0.1, 0.15) is 4.21 Å². The van der Waals surface area contributed by atoms with Crippen LogP contribution in [0.1, 0.15) is 5.56 Å². The number of hydrogen-bond donors (Lipinski definition) is 3. The fraction of sp³-hybridized carbons (Fsp3) is 0.0833. The number of aryl methyl sites for hydroxylation is 1. The lowest BCUT2D eigenvalue weighted by Gasteiger charge is -2.07. The summed E-state index contributed by atoms with van der Waals surface area (Å²) in [5.74, 6) is 0. The largest absolute Gasteiger partial charge is 0.351 e. The Morgan fingerprint density at radius 3 is 2.29 bits per heavy atom. The van der Waals surface area contributed by atoms with Crippen molar-refractivity contribution < 1.29 is 13.2 Å². The molecule has 0 spiro atoms. The summed E-state index contributed by atoms with van der Waals surface area (Å²) in [4.78, 5) is 10.7. The molecule has 112 valence electrons. The first-order chi connectivity index (χ1) is 9.78.